The maximum atomic E-state index is 10.3. The number of rotatable bonds is 7. The highest BCUT2D eigenvalue weighted by Crippen LogP contribution is 2.39. The van der Waals surface area contributed by atoms with E-state index in [9.17, 15) is 5.11 Å². The molecule has 0 unspecified atom stereocenters. The number of hydrogen-bond acceptors (Lipinski definition) is 6. The van der Waals surface area contributed by atoms with Crippen molar-refractivity contribution in [1.82, 2.24) is 0 Å². The fraction of sp³-hybridized carbons (Fsp3) is 0.391. The fourth-order valence-electron chi connectivity index (χ4n) is 3.65. The first kappa shape index (κ1) is 20.7. The van der Waals surface area contributed by atoms with Crippen molar-refractivity contribution in [2.75, 3.05) is 20.3 Å². The summed E-state index contributed by atoms with van der Waals surface area (Å²) in [4.78, 5) is 0. The number of fused-ring (bicyclic) bond motifs is 1. The van der Waals surface area contributed by atoms with Crippen LogP contribution in [0.3, 0.4) is 0 Å². The Morgan fingerprint density at radius 2 is 1.62 bits per heavy atom. The molecular formula is C23H28N2O4. The zero-order chi connectivity index (χ0) is 21.0. The van der Waals surface area contributed by atoms with Crippen LogP contribution in [0.5, 0.6) is 23.0 Å². The minimum Gasteiger partial charge on any atom is -0.504 e. The smallest absolute Gasteiger partial charge is 0.161 e. The van der Waals surface area contributed by atoms with Crippen molar-refractivity contribution in [3.63, 3.8) is 0 Å². The van der Waals surface area contributed by atoms with Gasteiger partial charge in [-0.1, -0.05) is 6.92 Å². The number of hydrogen-bond donors (Lipinski definition) is 1. The second-order valence-electron chi connectivity index (χ2n) is 6.79. The van der Waals surface area contributed by atoms with Crippen molar-refractivity contribution < 1.29 is 19.3 Å². The molecule has 6 heteroatoms. The number of phenolic OH excluding ortho intramolecular Hbond substituents is 1. The van der Waals surface area contributed by atoms with Crippen molar-refractivity contribution >= 4 is 11.4 Å². The zero-order valence-corrected chi connectivity index (χ0v) is 17.7. The second-order valence-corrected chi connectivity index (χ2v) is 6.79. The van der Waals surface area contributed by atoms with Gasteiger partial charge in [0.15, 0.2) is 23.0 Å². The van der Waals surface area contributed by atoms with E-state index >= 15 is 0 Å². The van der Waals surface area contributed by atoms with Gasteiger partial charge in [0, 0.05) is 22.8 Å². The lowest BCUT2D eigenvalue weighted by atomic mass is 9.85. The molecule has 29 heavy (non-hydrogen) atoms. The molecule has 0 aromatic heterocycles. The average Bonchev–Trinajstić information content (AvgIpc) is 2.84. The summed E-state index contributed by atoms with van der Waals surface area (Å²) in [5, 5.41) is 19.3. The molecule has 1 N–H and O–H groups in total. The molecule has 3 rings (SSSR count). The molecule has 0 bridgehead atoms. The van der Waals surface area contributed by atoms with Crippen LogP contribution < -0.4 is 14.2 Å². The average molecular weight is 396 g/mol. The van der Waals surface area contributed by atoms with Gasteiger partial charge in [-0.05, 0) is 63.1 Å². The molecule has 2 aromatic rings. The normalized spacial score (nSPS) is 15.7. The van der Waals surface area contributed by atoms with E-state index in [1.165, 1.54) is 7.11 Å². The molecule has 6 nitrogen and oxygen atoms in total. The lowest BCUT2D eigenvalue weighted by Gasteiger charge is -2.21. The van der Waals surface area contributed by atoms with E-state index < -0.39 is 0 Å². The summed E-state index contributed by atoms with van der Waals surface area (Å²) in [6, 6.07) is 9.26. The molecule has 0 radical (unpaired) electrons. The standard InChI is InChI=1S/C23H28N2O4/c1-6-16-14(4)24-25-23(15-9-10-20(27-5)19(26)11-15)18-13-22(29-8-3)21(28-7-2)12-17(16)18/h9-13,16,26H,6-8H2,1-5H3/t16-/m1/s1. The van der Waals surface area contributed by atoms with Crippen molar-refractivity contribution in [1.29, 1.82) is 0 Å². The Morgan fingerprint density at radius 3 is 2.21 bits per heavy atom. The van der Waals surface area contributed by atoms with Gasteiger partial charge in [0.1, 0.15) is 5.71 Å². The summed E-state index contributed by atoms with van der Waals surface area (Å²) in [7, 11) is 1.52. The van der Waals surface area contributed by atoms with E-state index in [0.29, 0.717) is 30.4 Å². The Labute approximate surface area is 171 Å². The molecule has 0 amide bonds. The first-order valence-electron chi connectivity index (χ1n) is 9.97. The highest BCUT2D eigenvalue weighted by Gasteiger charge is 2.26. The topological polar surface area (TPSA) is 72.6 Å². The molecule has 0 spiro atoms. The molecule has 1 heterocycles. The summed E-state index contributed by atoms with van der Waals surface area (Å²) < 4.78 is 16.9. The molecule has 154 valence electrons. The first-order chi connectivity index (χ1) is 14.0. The van der Waals surface area contributed by atoms with E-state index in [-0.39, 0.29) is 11.7 Å². The van der Waals surface area contributed by atoms with E-state index in [4.69, 9.17) is 14.2 Å². The molecule has 1 atom stereocenters. The molecule has 0 saturated heterocycles. The van der Waals surface area contributed by atoms with Crippen LogP contribution in [0.15, 0.2) is 40.5 Å². The summed E-state index contributed by atoms with van der Waals surface area (Å²) in [6.07, 6.45) is 0.887. The van der Waals surface area contributed by atoms with Gasteiger partial charge in [0.2, 0.25) is 0 Å². The van der Waals surface area contributed by atoms with Crippen molar-refractivity contribution in [3.05, 3.63) is 47.0 Å². The number of methoxy groups -OCH3 is 1. The summed E-state index contributed by atoms with van der Waals surface area (Å²) in [5.41, 5.74) is 4.39. The first-order valence-corrected chi connectivity index (χ1v) is 9.97. The van der Waals surface area contributed by atoms with Crippen LogP contribution in [-0.2, 0) is 0 Å². The van der Waals surface area contributed by atoms with Crippen LogP contribution in [-0.4, -0.2) is 36.9 Å². The van der Waals surface area contributed by atoms with Gasteiger partial charge in [0.05, 0.1) is 20.3 Å². The van der Waals surface area contributed by atoms with Crippen molar-refractivity contribution in [3.8, 4) is 23.0 Å². The number of nitrogens with zero attached hydrogens (tertiary/aromatic N) is 2. The molecule has 1 aliphatic heterocycles. The maximum Gasteiger partial charge on any atom is 0.161 e. The minimum atomic E-state index is 0.0576. The summed E-state index contributed by atoms with van der Waals surface area (Å²) in [6.45, 7) is 9.11. The third-order valence-electron chi connectivity index (χ3n) is 5.02. The molecular weight excluding hydrogens is 368 g/mol. The Balaban J connectivity index is 2.24. The Hall–Kier alpha value is -3.02. The van der Waals surface area contributed by atoms with E-state index in [1.54, 1.807) is 12.1 Å². The Morgan fingerprint density at radius 1 is 0.931 bits per heavy atom. The maximum absolute atomic E-state index is 10.3. The van der Waals surface area contributed by atoms with Gasteiger partial charge in [-0.15, -0.1) is 5.10 Å². The highest BCUT2D eigenvalue weighted by molar-refractivity contribution is 6.16. The number of aromatic hydroxyl groups is 1. The largest absolute Gasteiger partial charge is 0.504 e. The van der Waals surface area contributed by atoms with Gasteiger partial charge < -0.3 is 19.3 Å². The molecule has 2 aromatic carbocycles. The molecule has 1 aliphatic rings. The second kappa shape index (κ2) is 8.99. The number of benzene rings is 2. The van der Waals surface area contributed by atoms with Crippen LogP contribution >= 0.6 is 0 Å². The third kappa shape index (κ3) is 4.06. The van der Waals surface area contributed by atoms with Gasteiger partial charge in [0.25, 0.3) is 0 Å². The van der Waals surface area contributed by atoms with Crippen LogP contribution in [0.4, 0.5) is 0 Å². The SMILES string of the molecule is CCOc1cc2c(cc1OCC)[C@H](CC)C(C)=NN=C2c1ccc(OC)c(O)c1. The Kier molecular flexibility index (Phi) is 6.42. The monoisotopic (exact) mass is 396 g/mol. The van der Waals surface area contributed by atoms with Gasteiger partial charge in [-0.25, -0.2) is 0 Å². The van der Waals surface area contributed by atoms with Gasteiger partial charge in [-0.2, -0.15) is 5.10 Å². The van der Waals surface area contributed by atoms with Gasteiger partial charge >= 0.3 is 0 Å². The lowest BCUT2D eigenvalue weighted by molar-refractivity contribution is 0.287. The lowest BCUT2D eigenvalue weighted by Crippen LogP contribution is -2.13. The van der Waals surface area contributed by atoms with E-state index in [2.05, 4.69) is 17.1 Å². The van der Waals surface area contributed by atoms with Gasteiger partial charge in [-0.3, -0.25) is 0 Å². The summed E-state index contributed by atoms with van der Waals surface area (Å²) >= 11 is 0. The fourth-order valence-corrected chi connectivity index (χ4v) is 3.65. The summed E-state index contributed by atoms with van der Waals surface area (Å²) in [5.74, 6) is 1.98. The third-order valence-corrected chi connectivity index (χ3v) is 5.02. The van der Waals surface area contributed by atoms with Crippen molar-refractivity contribution in [2.45, 2.75) is 40.0 Å². The zero-order valence-electron chi connectivity index (χ0n) is 17.7. The van der Waals surface area contributed by atoms with E-state index in [1.807, 2.05) is 39.0 Å². The van der Waals surface area contributed by atoms with Crippen molar-refractivity contribution in [2.24, 2.45) is 10.2 Å². The minimum absolute atomic E-state index is 0.0576. The van der Waals surface area contributed by atoms with Crippen LogP contribution in [0, 0.1) is 0 Å². The number of ether oxygens (including phenoxy) is 3. The predicted octanol–water partition coefficient (Wildman–Crippen LogP) is 4.92. The van der Waals surface area contributed by atoms with Crippen LogP contribution in [0.25, 0.3) is 0 Å². The molecule has 0 fully saturated rings. The Bertz CT molecular complexity index is 950. The predicted molar refractivity (Wildman–Crippen MR) is 115 cm³/mol. The van der Waals surface area contributed by atoms with Crippen LogP contribution in [0.1, 0.15) is 56.7 Å². The highest BCUT2D eigenvalue weighted by atomic mass is 16.5. The van der Waals surface area contributed by atoms with E-state index in [0.717, 1.165) is 34.6 Å². The molecule has 0 aliphatic carbocycles. The quantitative estimate of drug-likeness (QED) is 0.721. The van der Waals surface area contributed by atoms with Crippen LogP contribution in [0.2, 0.25) is 0 Å². The number of phenols is 1. The molecule has 0 saturated carbocycles.